The van der Waals surface area contributed by atoms with Crippen molar-refractivity contribution in [3.05, 3.63) is 29.6 Å². The maximum Gasteiger partial charge on any atom is 0.244 e. The lowest BCUT2D eigenvalue weighted by molar-refractivity contribution is -0.135. The van der Waals surface area contributed by atoms with Crippen molar-refractivity contribution in [2.75, 3.05) is 31.5 Å². The number of carbonyl (C=O) groups is 3. The Morgan fingerprint density at radius 2 is 1.80 bits per heavy atom. The molecule has 0 aliphatic rings. The van der Waals surface area contributed by atoms with Crippen LogP contribution in [0.3, 0.4) is 0 Å². The number of amides is 3. The molecule has 0 spiro atoms. The number of carbonyl (C=O) groups excluding carboxylic acids is 3. The summed E-state index contributed by atoms with van der Waals surface area (Å²) in [7, 11) is 0. The van der Waals surface area contributed by atoms with Crippen molar-refractivity contribution < 1.29 is 27.6 Å². The van der Waals surface area contributed by atoms with Crippen LogP contribution in [0.5, 0.6) is 0 Å². The van der Waals surface area contributed by atoms with Crippen LogP contribution in [0.2, 0.25) is 0 Å². The van der Waals surface area contributed by atoms with E-state index in [-0.39, 0.29) is 19.6 Å². The summed E-state index contributed by atoms with van der Waals surface area (Å²) in [5, 5.41) is 4.35. The van der Waals surface area contributed by atoms with Gasteiger partial charge in [0.05, 0.1) is 25.3 Å². The van der Waals surface area contributed by atoms with Crippen LogP contribution in [0.4, 0.5) is 18.9 Å². The number of nitrogens with zero attached hydrogens (tertiary/aromatic N) is 1. The number of rotatable bonds is 8. The van der Waals surface area contributed by atoms with Crippen molar-refractivity contribution in [2.45, 2.75) is 13.3 Å². The summed E-state index contributed by atoms with van der Waals surface area (Å²) in [5.74, 6) is -6.48. The van der Waals surface area contributed by atoms with Gasteiger partial charge in [-0.15, -0.1) is 0 Å². The minimum Gasteiger partial charge on any atom is -0.346 e. The van der Waals surface area contributed by atoms with E-state index in [4.69, 9.17) is 5.73 Å². The zero-order valence-corrected chi connectivity index (χ0v) is 13.6. The number of anilines is 1. The third-order valence-corrected chi connectivity index (χ3v) is 3.11. The van der Waals surface area contributed by atoms with Crippen molar-refractivity contribution in [3.8, 4) is 0 Å². The Hall–Kier alpha value is -2.62. The van der Waals surface area contributed by atoms with Gasteiger partial charge in [0.25, 0.3) is 0 Å². The van der Waals surface area contributed by atoms with E-state index >= 15 is 0 Å². The molecule has 1 aromatic carbocycles. The van der Waals surface area contributed by atoms with Gasteiger partial charge in [0.15, 0.2) is 17.5 Å². The third-order valence-electron chi connectivity index (χ3n) is 3.11. The monoisotopic (exact) mass is 360 g/mol. The van der Waals surface area contributed by atoms with Crippen LogP contribution in [0.15, 0.2) is 12.1 Å². The van der Waals surface area contributed by atoms with Crippen LogP contribution in [0, 0.1) is 17.5 Å². The maximum absolute atomic E-state index is 13.5. The molecule has 10 heteroatoms. The highest BCUT2D eigenvalue weighted by molar-refractivity contribution is 5.95. The fraction of sp³-hybridized carbons (Fsp3) is 0.400. The Balaban J connectivity index is 2.71. The molecule has 3 amide bonds. The largest absolute Gasteiger partial charge is 0.346 e. The van der Waals surface area contributed by atoms with Gasteiger partial charge >= 0.3 is 0 Å². The smallest absolute Gasteiger partial charge is 0.244 e. The fourth-order valence-electron chi connectivity index (χ4n) is 1.91. The average Bonchev–Trinajstić information content (AvgIpc) is 2.59. The zero-order valence-electron chi connectivity index (χ0n) is 13.6. The molecule has 25 heavy (non-hydrogen) atoms. The van der Waals surface area contributed by atoms with E-state index in [9.17, 15) is 27.6 Å². The minimum atomic E-state index is -1.70. The first-order valence-electron chi connectivity index (χ1n) is 7.48. The standard InChI is InChI=1S/C15H19F3N4O3/c1-2-5-22(13(25)7-20-11(23)6-19)8-12(24)21-10-4-3-9(16)14(17)15(10)18/h3-4H,2,5-8,19H2,1H3,(H,20,23)(H,21,24). The number of hydrogen-bond donors (Lipinski definition) is 3. The van der Waals surface area contributed by atoms with Crippen LogP contribution >= 0.6 is 0 Å². The van der Waals surface area contributed by atoms with E-state index in [1.165, 1.54) is 0 Å². The van der Waals surface area contributed by atoms with Crippen molar-refractivity contribution in [1.82, 2.24) is 10.2 Å². The molecule has 0 saturated heterocycles. The van der Waals surface area contributed by atoms with Gasteiger partial charge in [-0.1, -0.05) is 6.92 Å². The lowest BCUT2D eigenvalue weighted by Gasteiger charge is -2.22. The van der Waals surface area contributed by atoms with Gasteiger partial charge in [0.1, 0.15) is 0 Å². The Kier molecular flexibility index (Phi) is 7.86. The summed E-state index contributed by atoms with van der Waals surface area (Å²) < 4.78 is 39.6. The van der Waals surface area contributed by atoms with Gasteiger partial charge in [-0.2, -0.15) is 0 Å². The number of nitrogens with one attached hydrogen (secondary N) is 2. The van der Waals surface area contributed by atoms with Crippen molar-refractivity contribution in [2.24, 2.45) is 5.73 Å². The zero-order chi connectivity index (χ0) is 19.0. The molecule has 0 radical (unpaired) electrons. The molecular formula is C15H19F3N4O3. The SMILES string of the molecule is CCCN(CC(=O)Nc1ccc(F)c(F)c1F)C(=O)CNC(=O)CN. The van der Waals surface area contributed by atoms with E-state index < -0.39 is 47.4 Å². The van der Waals surface area contributed by atoms with E-state index in [0.717, 1.165) is 11.0 Å². The number of benzene rings is 1. The lowest BCUT2D eigenvalue weighted by atomic mass is 10.2. The van der Waals surface area contributed by atoms with Crippen LogP contribution in [0.25, 0.3) is 0 Å². The molecule has 7 nitrogen and oxygen atoms in total. The summed E-state index contributed by atoms with van der Waals surface area (Å²) in [6.07, 6.45) is 0.531. The van der Waals surface area contributed by atoms with Crippen molar-refractivity contribution in [1.29, 1.82) is 0 Å². The Morgan fingerprint density at radius 3 is 2.40 bits per heavy atom. The molecule has 0 aromatic heterocycles. The maximum atomic E-state index is 13.5. The minimum absolute atomic E-state index is 0.213. The molecule has 0 aliphatic heterocycles. The second-order valence-electron chi connectivity index (χ2n) is 5.07. The molecule has 1 aromatic rings. The summed E-state index contributed by atoms with van der Waals surface area (Å²) >= 11 is 0. The average molecular weight is 360 g/mol. The normalized spacial score (nSPS) is 10.3. The van der Waals surface area contributed by atoms with E-state index in [0.29, 0.717) is 12.5 Å². The number of hydrogen-bond acceptors (Lipinski definition) is 4. The summed E-state index contributed by atoms with van der Waals surface area (Å²) in [4.78, 5) is 36.2. The molecule has 1 rings (SSSR count). The first kappa shape index (κ1) is 20.4. The van der Waals surface area contributed by atoms with Crippen molar-refractivity contribution in [3.63, 3.8) is 0 Å². The third kappa shape index (κ3) is 6.07. The first-order valence-corrected chi connectivity index (χ1v) is 7.48. The van der Waals surface area contributed by atoms with Crippen LogP contribution in [-0.4, -0.2) is 48.8 Å². The van der Waals surface area contributed by atoms with E-state index in [1.807, 2.05) is 0 Å². The molecule has 138 valence electrons. The quantitative estimate of drug-likeness (QED) is 0.582. The molecule has 0 fully saturated rings. The molecule has 4 N–H and O–H groups in total. The van der Waals surface area contributed by atoms with Crippen LogP contribution < -0.4 is 16.4 Å². The predicted molar refractivity (Wildman–Crippen MR) is 83.9 cm³/mol. The molecule has 0 atom stereocenters. The van der Waals surface area contributed by atoms with Crippen molar-refractivity contribution >= 4 is 23.4 Å². The topological polar surface area (TPSA) is 105 Å². The summed E-state index contributed by atoms with van der Waals surface area (Å²) in [6, 6.07) is 1.55. The summed E-state index contributed by atoms with van der Waals surface area (Å²) in [6.45, 7) is 0.917. The van der Waals surface area contributed by atoms with E-state index in [2.05, 4.69) is 10.6 Å². The highest BCUT2D eigenvalue weighted by atomic mass is 19.2. The van der Waals surface area contributed by atoms with Gasteiger partial charge in [0.2, 0.25) is 17.7 Å². The molecule has 0 aliphatic carbocycles. The second kappa shape index (κ2) is 9.62. The second-order valence-corrected chi connectivity index (χ2v) is 5.07. The Morgan fingerprint density at radius 1 is 1.12 bits per heavy atom. The van der Waals surface area contributed by atoms with Crippen LogP contribution in [0.1, 0.15) is 13.3 Å². The highest BCUT2D eigenvalue weighted by Gasteiger charge is 2.19. The number of nitrogens with two attached hydrogens (primary N) is 1. The van der Waals surface area contributed by atoms with Crippen LogP contribution in [-0.2, 0) is 14.4 Å². The predicted octanol–water partition coefficient (Wildman–Crippen LogP) is 0.356. The summed E-state index contributed by atoms with van der Waals surface area (Å²) in [5.41, 5.74) is 4.57. The van der Waals surface area contributed by atoms with E-state index in [1.54, 1.807) is 6.92 Å². The van der Waals surface area contributed by atoms with Gasteiger partial charge in [-0.05, 0) is 18.6 Å². The molecule has 0 bridgehead atoms. The first-order chi connectivity index (χ1) is 11.8. The molecule has 0 unspecified atom stereocenters. The molecule has 0 heterocycles. The fourth-order valence-corrected chi connectivity index (χ4v) is 1.91. The van der Waals surface area contributed by atoms with Gasteiger partial charge in [-0.25, -0.2) is 13.2 Å². The molecule has 0 saturated carbocycles. The Labute approximate surface area is 142 Å². The van der Waals surface area contributed by atoms with Gasteiger partial charge in [-0.3, -0.25) is 14.4 Å². The molecular weight excluding hydrogens is 341 g/mol. The Bertz CT molecular complexity index is 655. The highest BCUT2D eigenvalue weighted by Crippen LogP contribution is 2.19. The lowest BCUT2D eigenvalue weighted by Crippen LogP contribution is -2.45. The number of halogens is 3. The van der Waals surface area contributed by atoms with Gasteiger partial charge in [0, 0.05) is 6.54 Å². The van der Waals surface area contributed by atoms with Gasteiger partial charge < -0.3 is 21.3 Å².